The molecule has 0 heterocycles. The van der Waals surface area contributed by atoms with Crippen molar-refractivity contribution in [1.29, 1.82) is 0 Å². The van der Waals surface area contributed by atoms with Crippen molar-refractivity contribution in [3.05, 3.63) is 53.8 Å². The van der Waals surface area contributed by atoms with Crippen LogP contribution in [-0.4, -0.2) is 24.6 Å². The summed E-state index contributed by atoms with van der Waals surface area (Å²) in [4.78, 5) is 1.18. The summed E-state index contributed by atoms with van der Waals surface area (Å²) in [6.45, 7) is 2.25. The first kappa shape index (κ1) is 17.6. The van der Waals surface area contributed by atoms with Gasteiger partial charge in [0.1, 0.15) is 0 Å². The van der Waals surface area contributed by atoms with Gasteiger partial charge in [0.15, 0.2) is 11.6 Å². The van der Waals surface area contributed by atoms with Crippen molar-refractivity contribution in [1.82, 2.24) is 0 Å². The van der Waals surface area contributed by atoms with Crippen molar-refractivity contribution >= 4 is 17.4 Å². The van der Waals surface area contributed by atoms with Crippen LogP contribution >= 0.6 is 11.8 Å². The SMILES string of the molecule is COc1cc(C(C)Nc2ccc(SCCCO)cc2)ccc1F. The molecular weight excluding hydrogens is 313 g/mol. The molecule has 23 heavy (non-hydrogen) atoms. The second-order valence-electron chi connectivity index (χ2n) is 5.21. The van der Waals surface area contributed by atoms with Gasteiger partial charge in [-0.25, -0.2) is 4.39 Å². The first-order valence-electron chi connectivity index (χ1n) is 7.57. The van der Waals surface area contributed by atoms with E-state index in [0.717, 1.165) is 23.4 Å². The van der Waals surface area contributed by atoms with E-state index in [0.29, 0.717) is 0 Å². The molecule has 0 saturated carbocycles. The minimum absolute atomic E-state index is 0.0393. The zero-order chi connectivity index (χ0) is 16.7. The van der Waals surface area contributed by atoms with E-state index in [4.69, 9.17) is 9.84 Å². The smallest absolute Gasteiger partial charge is 0.165 e. The maximum atomic E-state index is 13.5. The maximum absolute atomic E-state index is 13.5. The van der Waals surface area contributed by atoms with Crippen LogP contribution in [0.3, 0.4) is 0 Å². The molecule has 0 spiro atoms. The van der Waals surface area contributed by atoms with Gasteiger partial charge in [-0.15, -0.1) is 11.8 Å². The third-order valence-corrected chi connectivity index (χ3v) is 4.58. The fourth-order valence-electron chi connectivity index (χ4n) is 2.18. The Balaban J connectivity index is 1.98. The largest absolute Gasteiger partial charge is 0.494 e. The standard InChI is InChI=1S/C18H22FNO2S/c1-13(14-4-9-17(19)18(12-14)22-2)20-15-5-7-16(8-6-15)23-11-3-10-21/h4-9,12-13,20-21H,3,10-11H2,1-2H3. The van der Waals surface area contributed by atoms with E-state index in [-0.39, 0.29) is 24.2 Å². The molecule has 5 heteroatoms. The number of nitrogens with one attached hydrogen (secondary N) is 1. The molecular formula is C18H22FNO2S. The first-order chi connectivity index (χ1) is 11.1. The highest BCUT2D eigenvalue weighted by atomic mass is 32.2. The minimum atomic E-state index is -0.354. The molecule has 124 valence electrons. The van der Waals surface area contributed by atoms with Crippen LogP contribution in [0.15, 0.2) is 47.4 Å². The second-order valence-corrected chi connectivity index (χ2v) is 6.38. The van der Waals surface area contributed by atoms with Crippen molar-refractivity contribution in [2.45, 2.75) is 24.3 Å². The number of ether oxygens (including phenoxy) is 1. The molecule has 0 radical (unpaired) electrons. The fourth-order valence-corrected chi connectivity index (χ4v) is 3.02. The molecule has 2 N–H and O–H groups in total. The lowest BCUT2D eigenvalue weighted by molar-refractivity contribution is 0.296. The Morgan fingerprint density at radius 2 is 1.96 bits per heavy atom. The van der Waals surface area contributed by atoms with Gasteiger partial charge in [-0.1, -0.05) is 6.07 Å². The van der Waals surface area contributed by atoms with Crippen molar-refractivity contribution in [2.24, 2.45) is 0 Å². The van der Waals surface area contributed by atoms with E-state index >= 15 is 0 Å². The summed E-state index contributed by atoms with van der Waals surface area (Å²) in [7, 11) is 1.47. The number of hydrogen-bond donors (Lipinski definition) is 2. The van der Waals surface area contributed by atoms with Crippen LogP contribution in [-0.2, 0) is 0 Å². The van der Waals surface area contributed by atoms with Gasteiger partial charge in [-0.3, -0.25) is 0 Å². The Morgan fingerprint density at radius 1 is 1.22 bits per heavy atom. The molecule has 2 aromatic carbocycles. The van der Waals surface area contributed by atoms with Crippen molar-refractivity contribution in [3.8, 4) is 5.75 Å². The van der Waals surface area contributed by atoms with Crippen LogP contribution in [0.1, 0.15) is 24.9 Å². The van der Waals surface area contributed by atoms with Gasteiger partial charge in [0, 0.05) is 29.0 Å². The van der Waals surface area contributed by atoms with Crippen LogP contribution in [0.5, 0.6) is 5.75 Å². The fraction of sp³-hybridized carbons (Fsp3) is 0.333. The molecule has 0 saturated heterocycles. The molecule has 3 nitrogen and oxygen atoms in total. The number of hydrogen-bond acceptors (Lipinski definition) is 4. The molecule has 0 fully saturated rings. The average molecular weight is 335 g/mol. The lowest BCUT2D eigenvalue weighted by atomic mass is 10.1. The molecule has 1 unspecified atom stereocenters. The van der Waals surface area contributed by atoms with Crippen molar-refractivity contribution in [2.75, 3.05) is 24.8 Å². The number of anilines is 1. The zero-order valence-corrected chi connectivity index (χ0v) is 14.2. The number of aliphatic hydroxyl groups excluding tert-OH is 1. The molecule has 0 aliphatic carbocycles. The molecule has 0 aliphatic heterocycles. The highest BCUT2D eigenvalue weighted by Gasteiger charge is 2.09. The van der Waals surface area contributed by atoms with Gasteiger partial charge in [0.25, 0.3) is 0 Å². The summed E-state index contributed by atoms with van der Waals surface area (Å²) in [5.41, 5.74) is 1.97. The molecule has 0 aliphatic rings. The number of aliphatic hydroxyl groups is 1. The van der Waals surface area contributed by atoms with Crippen molar-refractivity contribution < 1.29 is 14.2 Å². The summed E-state index contributed by atoms with van der Waals surface area (Å²) < 4.78 is 18.5. The number of rotatable bonds is 8. The predicted molar refractivity (Wildman–Crippen MR) is 93.9 cm³/mol. The number of thioether (sulfide) groups is 1. The van der Waals surface area contributed by atoms with E-state index in [1.54, 1.807) is 23.9 Å². The lowest BCUT2D eigenvalue weighted by Crippen LogP contribution is -2.07. The Kier molecular flexibility index (Phi) is 6.74. The molecule has 0 bridgehead atoms. The lowest BCUT2D eigenvalue weighted by Gasteiger charge is -2.17. The highest BCUT2D eigenvalue weighted by molar-refractivity contribution is 7.99. The van der Waals surface area contributed by atoms with E-state index in [9.17, 15) is 4.39 Å². The van der Waals surface area contributed by atoms with Crippen LogP contribution in [0.2, 0.25) is 0 Å². The minimum Gasteiger partial charge on any atom is -0.494 e. The van der Waals surface area contributed by atoms with Crippen LogP contribution < -0.4 is 10.1 Å². The Labute approximate surface area is 140 Å². The average Bonchev–Trinajstić information content (AvgIpc) is 2.57. The number of methoxy groups -OCH3 is 1. The van der Waals surface area contributed by atoms with E-state index in [1.807, 2.05) is 19.1 Å². The molecule has 2 rings (SSSR count). The summed E-state index contributed by atoms with van der Waals surface area (Å²) >= 11 is 1.73. The van der Waals surface area contributed by atoms with Gasteiger partial charge < -0.3 is 15.2 Å². The van der Waals surface area contributed by atoms with E-state index < -0.39 is 0 Å². The van der Waals surface area contributed by atoms with Crippen LogP contribution in [0.25, 0.3) is 0 Å². The summed E-state index contributed by atoms with van der Waals surface area (Å²) in [6.07, 6.45) is 0.800. The second kappa shape index (κ2) is 8.79. The van der Waals surface area contributed by atoms with Gasteiger partial charge in [-0.2, -0.15) is 0 Å². The zero-order valence-electron chi connectivity index (χ0n) is 13.4. The summed E-state index contributed by atoms with van der Waals surface area (Å²) in [5.74, 6) is 0.814. The van der Waals surface area contributed by atoms with Gasteiger partial charge >= 0.3 is 0 Å². The maximum Gasteiger partial charge on any atom is 0.165 e. The van der Waals surface area contributed by atoms with E-state index in [1.165, 1.54) is 18.1 Å². The van der Waals surface area contributed by atoms with Gasteiger partial charge in [-0.05, 0) is 55.3 Å². The third kappa shape index (κ3) is 5.15. The number of benzene rings is 2. The molecule has 0 aromatic heterocycles. The quantitative estimate of drug-likeness (QED) is 0.551. The van der Waals surface area contributed by atoms with E-state index in [2.05, 4.69) is 17.4 Å². The summed E-state index contributed by atoms with van der Waals surface area (Å²) in [6, 6.07) is 13.1. The van der Waals surface area contributed by atoms with Crippen LogP contribution in [0.4, 0.5) is 10.1 Å². The topological polar surface area (TPSA) is 41.5 Å². The third-order valence-electron chi connectivity index (χ3n) is 3.48. The van der Waals surface area contributed by atoms with Crippen molar-refractivity contribution in [3.63, 3.8) is 0 Å². The summed E-state index contributed by atoms with van der Waals surface area (Å²) in [5, 5.41) is 12.2. The predicted octanol–water partition coefficient (Wildman–Crippen LogP) is 4.48. The Hall–Kier alpha value is -1.72. The molecule has 1 atom stereocenters. The monoisotopic (exact) mass is 335 g/mol. The molecule has 2 aromatic rings. The Bertz CT molecular complexity index is 619. The van der Waals surface area contributed by atoms with Gasteiger partial charge in [0.2, 0.25) is 0 Å². The van der Waals surface area contributed by atoms with Gasteiger partial charge in [0.05, 0.1) is 7.11 Å². The normalized spacial score (nSPS) is 12.0. The first-order valence-corrected chi connectivity index (χ1v) is 8.56. The van der Waals surface area contributed by atoms with Crippen LogP contribution in [0, 0.1) is 5.82 Å². The highest BCUT2D eigenvalue weighted by Crippen LogP contribution is 2.26. The number of halogens is 1. The molecule has 0 amide bonds. The Morgan fingerprint density at radius 3 is 2.61 bits per heavy atom.